The highest BCUT2D eigenvalue weighted by Gasteiger charge is 2.31. The third-order valence-electron chi connectivity index (χ3n) is 3.66. The Hall–Kier alpha value is -1.55. The number of piperidine rings is 1. The van der Waals surface area contributed by atoms with Gasteiger partial charge in [-0.05, 0) is 37.1 Å². The molecule has 1 aliphatic heterocycles. The molecule has 104 valence electrons. The van der Waals surface area contributed by atoms with E-state index in [9.17, 15) is 4.79 Å². The summed E-state index contributed by atoms with van der Waals surface area (Å²) in [6.07, 6.45) is 3.31. The van der Waals surface area contributed by atoms with E-state index in [-0.39, 0.29) is 17.9 Å². The van der Waals surface area contributed by atoms with Crippen molar-refractivity contribution in [2.24, 2.45) is 0 Å². The Morgan fingerprint density at radius 3 is 2.84 bits per heavy atom. The van der Waals surface area contributed by atoms with Gasteiger partial charge in [-0.15, -0.1) is 0 Å². The van der Waals surface area contributed by atoms with Crippen molar-refractivity contribution >= 4 is 5.97 Å². The van der Waals surface area contributed by atoms with Crippen LogP contribution in [0.3, 0.4) is 0 Å². The van der Waals surface area contributed by atoms with Crippen LogP contribution < -0.4 is 10.1 Å². The fourth-order valence-corrected chi connectivity index (χ4v) is 2.66. The molecule has 2 atom stereocenters. The van der Waals surface area contributed by atoms with Gasteiger partial charge in [-0.1, -0.05) is 18.6 Å². The van der Waals surface area contributed by atoms with Crippen molar-refractivity contribution in [3.8, 4) is 5.75 Å². The minimum absolute atomic E-state index is 0.147. The van der Waals surface area contributed by atoms with Crippen molar-refractivity contribution in [3.05, 3.63) is 29.8 Å². The lowest BCUT2D eigenvalue weighted by molar-refractivity contribution is -0.143. The number of carbonyl (C=O) groups excluding carboxylic acids is 1. The molecule has 0 aromatic heterocycles. The molecule has 0 aliphatic carbocycles. The molecular formula is C15H21NO3. The molecule has 0 bridgehead atoms. The minimum atomic E-state index is -0.264. The van der Waals surface area contributed by atoms with E-state index >= 15 is 0 Å². The maximum absolute atomic E-state index is 12.1. The highest BCUT2D eigenvalue weighted by Crippen LogP contribution is 2.28. The van der Waals surface area contributed by atoms with Crippen molar-refractivity contribution in [3.63, 3.8) is 0 Å². The van der Waals surface area contributed by atoms with Crippen molar-refractivity contribution in [2.45, 2.75) is 31.2 Å². The van der Waals surface area contributed by atoms with Crippen molar-refractivity contribution in [1.82, 2.24) is 5.32 Å². The second-order valence-corrected chi connectivity index (χ2v) is 4.83. The first-order valence-electron chi connectivity index (χ1n) is 6.71. The summed E-state index contributed by atoms with van der Waals surface area (Å²) in [6, 6.07) is 7.81. The lowest BCUT2D eigenvalue weighted by atomic mass is 9.86. The zero-order valence-corrected chi connectivity index (χ0v) is 11.5. The van der Waals surface area contributed by atoms with Gasteiger partial charge in [0.2, 0.25) is 0 Å². The number of carbonyl (C=O) groups is 1. The van der Waals surface area contributed by atoms with Crippen LogP contribution in [0.1, 0.15) is 30.7 Å². The van der Waals surface area contributed by atoms with Gasteiger partial charge >= 0.3 is 5.97 Å². The van der Waals surface area contributed by atoms with Gasteiger partial charge in [-0.25, -0.2) is 0 Å². The Kier molecular flexibility index (Phi) is 4.80. The molecule has 4 nitrogen and oxygen atoms in total. The number of nitrogens with one attached hydrogen (secondary N) is 1. The van der Waals surface area contributed by atoms with Gasteiger partial charge in [0.05, 0.1) is 20.1 Å². The molecule has 0 unspecified atom stereocenters. The summed E-state index contributed by atoms with van der Waals surface area (Å²) < 4.78 is 10.2. The Balaban J connectivity index is 2.27. The first kappa shape index (κ1) is 13.9. The lowest BCUT2D eigenvalue weighted by Gasteiger charge is -2.30. The summed E-state index contributed by atoms with van der Waals surface area (Å²) in [6.45, 7) is 0.960. The summed E-state index contributed by atoms with van der Waals surface area (Å²) in [7, 11) is 3.07. The van der Waals surface area contributed by atoms with Crippen molar-refractivity contribution < 1.29 is 14.3 Å². The average molecular weight is 263 g/mol. The number of benzene rings is 1. The van der Waals surface area contributed by atoms with Gasteiger partial charge in [0.1, 0.15) is 5.75 Å². The molecule has 1 fully saturated rings. The standard InChI is InChI=1S/C15H21NO3/c1-18-12-7-5-6-11(10-12)14(15(17)19-2)13-8-3-4-9-16-13/h5-7,10,13-14,16H,3-4,8-9H2,1-2H3/t13-,14-/m1/s1. The van der Waals surface area contributed by atoms with Crippen molar-refractivity contribution in [1.29, 1.82) is 0 Å². The minimum Gasteiger partial charge on any atom is -0.497 e. The molecule has 0 radical (unpaired) electrons. The summed E-state index contributed by atoms with van der Waals surface area (Å²) in [4.78, 5) is 12.1. The van der Waals surface area contributed by atoms with Crippen LogP contribution >= 0.6 is 0 Å². The molecular weight excluding hydrogens is 242 g/mol. The molecule has 1 aromatic rings. The molecule has 0 amide bonds. The first-order valence-corrected chi connectivity index (χ1v) is 6.71. The number of methoxy groups -OCH3 is 2. The van der Waals surface area contributed by atoms with Crippen LogP contribution in [0.15, 0.2) is 24.3 Å². The molecule has 1 aliphatic rings. The van der Waals surface area contributed by atoms with Gasteiger partial charge in [0.25, 0.3) is 0 Å². The van der Waals surface area contributed by atoms with E-state index in [1.165, 1.54) is 13.5 Å². The quantitative estimate of drug-likeness (QED) is 0.845. The topological polar surface area (TPSA) is 47.6 Å². The molecule has 0 saturated carbocycles. The van der Waals surface area contributed by atoms with Gasteiger partial charge < -0.3 is 14.8 Å². The molecule has 1 saturated heterocycles. The Bertz CT molecular complexity index is 427. The largest absolute Gasteiger partial charge is 0.497 e. The third kappa shape index (κ3) is 3.26. The SMILES string of the molecule is COC(=O)[C@H](c1cccc(OC)c1)[C@H]1CCCCN1. The Morgan fingerprint density at radius 1 is 1.37 bits per heavy atom. The van der Waals surface area contributed by atoms with E-state index in [1.807, 2.05) is 24.3 Å². The summed E-state index contributed by atoms with van der Waals surface area (Å²) >= 11 is 0. The molecule has 19 heavy (non-hydrogen) atoms. The number of rotatable bonds is 4. The first-order chi connectivity index (χ1) is 9.26. The number of hydrogen-bond donors (Lipinski definition) is 1. The molecule has 2 rings (SSSR count). The van der Waals surface area contributed by atoms with Crippen LogP contribution in [0.25, 0.3) is 0 Å². The zero-order valence-electron chi connectivity index (χ0n) is 11.5. The van der Waals surface area contributed by atoms with Crippen LogP contribution in [-0.2, 0) is 9.53 Å². The third-order valence-corrected chi connectivity index (χ3v) is 3.66. The predicted molar refractivity (Wildman–Crippen MR) is 73.4 cm³/mol. The Morgan fingerprint density at radius 2 is 2.21 bits per heavy atom. The second-order valence-electron chi connectivity index (χ2n) is 4.83. The molecule has 1 N–H and O–H groups in total. The maximum atomic E-state index is 12.1. The smallest absolute Gasteiger partial charge is 0.314 e. The molecule has 0 spiro atoms. The highest BCUT2D eigenvalue weighted by atomic mass is 16.5. The highest BCUT2D eigenvalue weighted by molar-refractivity contribution is 5.79. The van der Waals surface area contributed by atoms with E-state index in [0.717, 1.165) is 30.7 Å². The van der Waals surface area contributed by atoms with E-state index in [2.05, 4.69) is 5.32 Å². The second kappa shape index (κ2) is 6.57. The van der Waals surface area contributed by atoms with Gasteiger partial charge in [-0.3, -0.25) is 4.79 Å². The van der Waals surface area contributed by atoms with Crippen LogP contribution in [0, 0.1) is 0 Å². The van der Waals surface area contributed by atoms with E-state index in [4.69, 9.17) is 9.47 Å². The normalized spacial score (nSPS) is 20.6. The van der Waals surface area contributed by atoms with E-state index in [0.29, 0.717) is 0 Å². The van der Waals surface area contributed by atoms with E-state index < -0.39 is 0 Å². The lowest BCUT2D eigenvalue weighted by Crippen LogP contribution is -2.42. The van der Waals surface area contributed by atoms with Crippen LogP contribution in [-0.4, -0.2) is 32.8 Å². The zero-order chi connectivity index (χ0) is 13.7. The number of esters is 1. The monoisotopic (exact) mass is 263 g/mol. The molecule has 4 heteroatoms. The predicted octanol–water partition coefficient (Wildman–Crippen LogP) is 2.09. The van der Waals surface area contributed by atoms with Crippen molar-refractivity contribution in [2.75, 3.05) is 20.8 Å². The summed E-state index contributed by atoms with van der Waals surface area (Å²) in [5, 5.41) is 3.43. The Labute approximate surface area is 114 Å². The summed E-state index contributed by atoms with van der Waals surface area (Å²) in [5.74, 6) is 0.315. The summed E-state index contributed by atoms with van der Waals surface area (Å²) in [5.41, 5.74) is 0.950. The van der Waals surface area contributed by atoms with Crippen LogP contribution in [0.4, 0.5) is 0 Å². The van der Waals surface area contributed by atoms with E-state index in [1.54, 1.807) is 7.11 Å². The average Bonchev–Trinajstić information content (AvgIpc) is 2.48. The number of hydrogen-bond acceptors (Lipinski definition) is 4. The fraction of sp³-hybridized carbons (Fsp3) is 0.533. The van der Waals surface area contributed by atoms with Gasteiger partial charge in [-0.2, -0.15) is 0 Å². The molecule has 1 heterocycles. The van der Waals surface area contributed by atoms with Gasteiger partial charge in [0, 0.05) is 6.04 Å². The van der Waals surface area contributed by atoms with Crippen LogP contribution in [0.5, 0.6) is 5.75 Å². The van der Waals surface area contributed by atoms with Gasteiger partial charge in [0.15, 0.2) is 0 Å². The number of ether oxygens (including phenoxy) is 2. The fourth-order valence-electron chi connectivity index (χ4n) is 2.66. The van der Waals surface area contributed by atoms with Crippen LogP contribution in [0.2, 0.25) is 0 Å². The molecule has 1 aromatic carbocycles. The maximum Gasteiger partial charge on any atom is 0.314 e.